The minimum atomic E-state index is -0.158. The summed E-state index contributed by atoms with van der Waals surface area (Å²) in [5.74, 6) is 5.57. The number of nitrogens with zero attached hydrogens (tertiary/aromatic N) is 1. The number of ether oxygens (including phenoxy) is 1. The van der Waals surface area contributed by atoms with Crippen molar-refractivity contribution in [2.75, 3.05) is 7.11 Å². The Morgan fingerprint density at radius 2 is 2.29 bits per heavy atom. The van der Waals surface area contributed by atoms with Gasteiger partial charge in [-0.2, -0.15) is 0 Å². The summed E-state index contributed by atoms with van der Waals surface area (Å²) >= 11 is 6.09. The summed E-state index contributed by atoms with van der Waals surface area (Å²) in [5.41, 5.74) is 3.60. The summed E-state index contributed by atoms with van der Waals surface area (Å²) in [4.78, 5) is 3.96. The van der Waals surface area contributed by atoms with Gasteiger partial charge in [0.25, 0.3) is 0 Å². The Labute approximate surface area is 107 Å². The lowest BCUT2D eigenvalue weighted by Gasteiger charge is -2.26. The number of nitrogens with two attached hydrogens (primary N) is 1. The zero-order valence-corrected chi connectivity index (χ0v) is 11.3. The molecule has 1 atom stereocenters. The van der Waals surface area contributed by atoms with E-state index in [1.807, 2.05) is 6.07 Å². The topological polar surface area (TPSA) is 60.2 Å². The van der Waals surface area contributed by atoms with Gasteiger partial charge in [-0.3, -0.25) is 16.3 Å². The molecule has 4 nitrogen and oxygen atoms in total. The van der Waals surface area contributed by atoms with Gasteiger partial charge in [-0.1, -0.05) is 11.6 Å². The number of hydrogen-bond donors (Lipinski definition) is 2. The molecular formula is C12H20ClN3O. The second-order valence-electron chi connectivity index (χ2n) is 4.62. The first-order valence-corrected chi connectivity index (χ1v) is 5.98. The van der Waals surface area contributed by atoms with Crippen molar-refractivity contribution in [2.45, 2.75) is 38.3 Å². The molecule has 5 heteroatoms. The molecule has 1 heterocycles. The van der Waals surface area contributed by atoms with E-state index >= 15 is 0 Å². The highest BCUT2D eigenvalue weighted by molar-refractivity contribution is 6.31. The number of nitrogens with one attached hydrogen (secondary N) is 1. The largest absolute Gasteiger partial charge is 0.379 e. The van der Waals surface area contributed by atoms with Gasteiger partial charge in [-0.15, -0.1) is 0 Å². The molecule has 0 saturated heterocycles. The van der Waals surface area contributed by atoms with Crippen LogP contribution in [0.25, 0.3) is 0 Å². The lowest BCUT2D eigenvalue weighted by Crippen LogP contribution is -2.31. The van der Waals surface area contributed by atoms with E-state index < -0.39 is 0 Å². The number of methoxy groups -OCH3 is 1. The number of pyridine rings is 1. The molecule has 0 aliphatic carbocycles. The molecule has 0 aliphatic rings. The normalized spacial score (nSPS) is 13.7. The molecule has 1 rings (SSSR count). The predicted octanol–water partition coefficient (Wildman–Crippen LogP) is 2.44. The summed E-state index contributed by atoms with van der Waals surface area (Å²) in [6.07, 6.45) is 5.08. The Kier molecular flexibility index (Phi) is 5.33. The average molecular weight is 258 g/mol. The molecule has 0 spiro atoms. The fourth-order valence-electron chi connectivity index (χ4n) is 1.59. The molecule has 1 aromatic rings. The summed E-state index contributed by atoms with van der Waals surface area (Å²) in [7, 11) is 1.71. The van der Waals surface area contributed by atoms with Crippen LogP contribution in [0.15, 0.2) is 18.5 Å². The van der Waals surface area contributed by atoms with Crippen LogP contribution in [0.1, 0.15) is 38.3 Å². The molecular weight excluding hydrogens is 238 g/mol. The number of hydrazine groups is 1. The van der Waals surface area contributed by atoms with Crippen molar-refractivity contribution in [1.29, 1.82) is 0 Å². The van der Waals surface area contributed by atoms with Crippen LogP contribution >= 0.6 is 11.6 Å². The molecule has 0 aliphatic heterocycles. The number of halogens is 1. The van der Waals surface area contributed by atoms with Gasteiger partial charge < -0.3 is 4.74 Å². The standard InChI is InChI=1S/C12H20ClN3O/c1-12(2,17-3)6-4-11(16-14)9-5-7-15-8-10(9)13/h5,7-8,11,16H,4,6,14H2,1-3H3. The first kappa shape index (κ1) is 14.4. The Balaban J connectivity index is 2.70. The van der Waals surface area contributed by atoms with Gasteiger partial charge in [0.05, 0.1) is 10.6 Å². The van der Waals surface area contributed by atoms with Crippen LogP contribution < -0.4 is 11.3 Å². The van der Waals surface area contributed by atoms with Crippen LogP contribution in [-0.4, -0.2) is 17.7 Å². The molecule has 0 fully saturated rings. The van der Waals surface area contributed by atoms with Gasteiger partial charge in [0, 0.05) is 25.5 Å². The maximum absolute atomic E-state index is 6.09. The fourth-order valence-corrected chi connectivity index (χ4v) is 1.84. The Hall–Kier alpha value is -0.680. The maximum atomic E-state index is 6.09. The van der Waals surface area contributed by atoms with E-state index in [0.717, 1.165) is 18.4 Å². The predicted molar refractivity (Wildman–Crippen MR) is 69.6 cm³/mol. The van der Waals surface area contributed by atoms with Crippen molar-refractivity contribution in [1.82, 2.24) is 10.4 Å². The van der Waals surface area contributed by atoms with Crippen molar-refractivity contribution in [3.63, 3.8) is 0 Å². The number of hydrogen-bond acceptors (Lipinski definition) is 4. The monoisotopic (exact) mass is 257 g/mol. The Morgan fingerprint density at radius 3 is 2.82 bits per heavy atom. The highest BCUT2D eigenvalue weighted by atomic mass is 35.5. The molecule has 3 N–H and O–H groups in total. The quantitative estimate of drug-likeness (QED) is 0.607. The van der Waals surface area contributed by atoms with E-state index in [9.17, 15) is 0 Å². The van der Waals surface area contributed by atoms with E-state index in [4.69, 9.17) is 22.2 Å². The van der Waals surface area contributed by atoms with E-state index in [2.05, 4.69) is 24.3 Å². The zero-order chi connectivity index (χ0) is 12.9. The minimum absolute atomic E-state index is 0.0138. The van der Waals surface area contributed by atoms with Crippen LogP contribution in [0.2, 0.25) is 5.02 Å². The third kappa shape index (κ3) is 4.24. The molecule has 0 aromatic carbocycles. The highest BCUT2D eigenvalue weighted by Gasteiger charge is 2.20. The van der Waals surface area contributed by atoms with Crippen molar-refractivity contribution in [2.24, 2.45) is 5.84 Å². The highest BCUT2D eigenvalue weighted by Crippen LogP contribution is 2.27. The fraction of sp³-hybridized carbons (Fsp3) is 0.583. The SMILES string of the molecule is COC(C)(C)CCC(NN)c1ccncc1Cl. The van der Waals surface area contributed by atoms with Gasteiger partial charge in [0.15, 0.2) is 0 Å². The summed E-state index contributed by atoms with van der Waals surface area (Å²) in [6, 6.07) is 1.90. The molecule has 0 saturated carbocycles. The number of rotatable bonds is 6. The van der Waals surface area contributed by atoms with Crippen molar-refractivity contribution >= 4 is 11.6 Å². The van der Waals surface area contributed by atoms with Crippen LogP contribution in [-0.2, 0) is 4.74 Å². The van der Waals surface area contributed by atoms with Gasteiger partial charge in [0.1, 0.15) is 0 Å². The van der Waals surface area contributed by atoms with Crippen molar-refractivity contribution < 1.29 is 4.74 Å². The minimum Gasteiger partial charge on any atom is -0.379 e. The summed E-state index contributed by atoms with van der Waals surface area (Å²) in [6.45, 7) is 4.10. The van der Waals surface area contributed by atoms with E-state index in [-0.39, 0.29) is 11.6 Å². The van der Waals surface area contributed by atoms with E-state index in [0.29, 0.717) is 5.02 Å². The third-order valence-corrected chi connectivity index (χ3v) is 3.28. The van der Waals surface area contributed by atoms with Gasteiger partial charge >= 0.3 is 0 Å². The lowest BCUT2D eigenvalue weighted by atomic mass is 9.96. The van der Waals surface area contributed by atoms with Crippen LogP contribution in [0, 0.1) is 0 Å². The number of aromatic nitrogens is 1. The molecule has 1 aromatic heterocycles. The average Bonchev–Trinajstić information content (AvgIpc) is 2.32. The van der Waals surface area contributed by atoms with Crippen LogP contribution in [0.4, 0.5) is 0 Å². The second-order valence-corrected chi connectivity index (χ2v) is 5.03. The maximum Gasteiger partial charge on any atom is 0.0637 e. The molecule has 0 radical (unpaired) electrons. The zero-order valence-electron chi connectivity index (χ0n) is 10.5. The Bertz CT molecular complexity index is 357. The first-order valence-electron chi connectivity index (χ1n) is 5.61. The van der Waals surface area contributed by atoms with Crippen molar-refractivity contribution in [3.8, 4) is 0 Å². The second kappa shape index (κ2) is 6.31. The summed E-state index contributed by atoms with van der Waals surface area (Å²) in [5, 5.41) is 0.630. The van der Waals surface area contributed by atoms with Crippen LogP contribution in [0.5, 0.6) is 0 Å². The Morgan fingerprint density at radius 1 is 1.59 bits per heavy atom. The van der Waals surface area contributed by atoms with E-state index in [1.165, 1.54) is 0 Å². The molecule has 0 bridgehead atoms. The van der Waals surface area contributed by atoms with Gasteiger partial charge in [-0.05, 0) is 38.3 Å². The first-order chi connectivity index (χ1) is 8.00. The molecule has 0 amide bonds. The third-order valence-electron chi connectivity index (χ3n) is 2.97. The van der Waals surface area contributed by atoms with Gasteiger partial charge in [0.2, 0.25) is 0 Å². The van der Waals surface area contributed by atoms with E-state index in [1.54, 1.807) is 19.5 Å². The summed E-state index contributed by atoms with van der Waals surface area (Å²) < 4.78 is 5.38. The molecule has 17 heavy (non-hydrogen) atoms. The molecule has 1 unspecified atom stereocenters. The molecule has 96 valence electrons. The van der Waals surface area contributed by atoms with Crippen LogP contribution in [0.3, 0.4) is 0 Å². The van der Waals surface area contributed by atoms with Gasteiger partial charge in [-0.25, -0.2) is 0 Å². The smallest absolute Gasteiger partial charge is 0.0637 e. The van der Waals surface area contributed by atoms with Crippen molar-refractivity contribution in [3.05, 3.63) is 29.0 Å². The lowest BCUT2D eigenvalue weighted by molar-refractivity contribution is 0.0117.